The lowest BCUT2D eigenvalue weighted by Gasteiger charge is -2.40. The lowest BCUT2D eigenvalue weighted by molar-refractivity contribution is -0.202. The Labute approximate surface area is 107 Å². The van der Waals surface area contributed by atoms with Crippen molar-refractivity contribution in [3.05, 3.63) is 18.0 Å². The van der Waals surface area contributed by atoms with Crippen LogP contribution in [0.25, 0.3) is 0 Å². The Bertz CT molecular complexity index is 414. The third-order valence-corrected chi connectivity index (χ3v) is 4.04. The van der Waals surface area contributed by atoms with Gasteiger partial charge >= 0.3 is 0 Å². The number of ether oxygens (including phenoxy) is 2. The molecule has 2 heterocycles. The van der Waals surface area contributed by atoms with Crippen molar-refractivity contribution in [2.75, 3.05) is 13.2 Å². The molecule has 1 aliphatic heterocycles. The molecule has 1 saturated heterocycles. The van der Waals surface area contributed by atoms with E-state index in [9.17, 15) is 5.11 Å². The highest BCUT2D eigenvalue weighted by molar-refractivity contribution is 5.05. The van der Waals surface area contributed by atoms with Gasteiger partial charge in [0.1, 0.15) is 0 Å². The molecule has 100 valence electrons. The van der Waals surface area contributed by atoms with Gasteiger partial charge in [-0.2, -0.15) is 5.10 Å². The van der Waals surface area contributed by atoms with Gasteiger partial charge in [0.25, 0.3) is 0 Å². The summed E-state index contributed by atoms with van der Waals surface area (Å²) >= 11 is 0. The minimum Gasteiger partial charge on any atom is -0.389 e. The van der Waals surface area contributed by atoms with Gasteiger partial charge in [0.15, 0.2) is 5.79 Å². The van der Waals surface area contributed by atoms with E-state index in [1.54, 1.807) is 4.68 Å². The molecule has 1 N–H and O–H groups in total. The molecule has 2 aliphatic rings. The first kappa shape index (κ1) is 12.1. The Morgan fingerprint density at radius 2 is 1.94 bits per heavy atom. The zero-order valence-electron chi connectivity index (χ0n) is 10.8. The van der Waals surface area contributed by atoms with Crippen molar-refractivity contribution in [1.82, 2.24) is 9.78 Å². The van der Waals surface area contributed by atoms with E-state index in [4.69, 9.17) is 9.47 Å². The maximum Gasteiger partial charge on any atom is 0.168 e. The number of hydrogen-bond acceptors (Lipinski definition) is 4. The average Bonchev–Trinajstić information content (AvgIpc) is 2.94. The van der Waals surface area contributed by atoms with Gasteiger partial charge in [0, 0.05) is 32.5 Å². The van der Waals surface area contributed by atoms with Gasteiger partial charge in [0.05, 0.1) is 24.5 Å². The first-order valence-corrected chi connectivity index (χ1v) is 6.58. The van der Waals surface area contributed by atoms with Gasteiger partial charge in [-0.15, -0.1) is 0 Å². The molecule has 5 heteroatoms. The summed E-state index contributed by atoms with van der Waals surface area (Å²) in [7, 11) is 1.89. The van der Waals surface area contributed by atoms with Crippen LogP contribution < -0.4 is 0 Å². The van der Waals surface area contributed by atoms with E-state index in [2.05, 4.69) is 5.10 Å². The van der Waals surface area contributed by atoms with Gasteiger partial charge in [0.2, 0.25) is 0 Å². The van der Waals surface area contributed by atoms with Gasteiger partial charge in [-0.05, 0) is 18.9 Å². The molecule has 0 radical (unpaired) electrons. The molecule has 1 aliphatic carbocycles. The standard InChI is InChI=1S/C13H20N2O3/c1-15-7-2-11(14-15)10-12(16)3-5-13(6-4-12)17-8-9-18-13/h2,7,16H,3-6,8-10H2,1H3. The Morgan fingerprint density at radius 1 is 1.28 bits per heavy atom. The number of hydrogen-bond donors (Lipinski definition) is 1. The van der Waals surface area contributed by atoms with E-state index in [0.717, 1.165) is 18.5 Å². The predicted octanol–water partition coefficient (Wildman–Crippen LogP) is 1.01. The molecule has 3 rings (SSSR count). The van der Waals surface area contributed by atoms with E-state index < -0.39 is 11.4 Å². The quantitative estimate of drug-likeness (QED) is 0.853. The minimum absolute atomic E-state index is 0.406. The highest BCUT2D eigenvalue weighted by Crippen LogP contribution is 2.41. The number of aryl methyl sites for hydroxylation is 1. The number of aliphatic hydroxyl groups is 1. The van der Waals surface area contributed by atoms with Crippen molar-refractivity contribution in [3.8, 4) is 0 Å². The van der Waals surface area contributed by atoms with Gasteiger partial charge in [-0.1, -0.05) is 0 Å². The van der Waals surface area contributed by atoms with Crippen LogP contribution >= 0.6 is 0 Å². The molecule has 0 atom stereocenters. The Morgan fingerprint density at radius 3 is 2.50 bits per heavy atom. The normalized spacial score (nSPS) is 25.7. The first-order valence-electron chi connectivity index (χ1n) is 6.58. The van der Waals surface area contributed by atoms with Crippen molar-refractivity contribution in [1.29, 1.82) is 0 Å². The van der Waals surface area contributed by atoms with Crippen LogP contribution in [0, 0.1) is 0 Å². The molecule has 2 fully saturated rings. The summed E-state index contributed by atoms with van der Waals surface area (Å²) in [5, 5.41) is 15.0. The van der Waals surface area contributed by atoms with Crippen LogP contribution in [0.3, 0.4) is 0 Å². The monoisotopic (exact) mass is 252 g/mol. The van der Waals surface area contributed by atoms with Crippen molar-refractivity contribution in [3.63, 3.8) is 0 Å². The topological polar surface area (TPSA) is 56.5 Å². The summed E-state index contributed by atoms with van der Waals surface area (Å²) in [4.78, 5) is 0. The third kappa shape index (κ3) is 2.30. The Hall–Kier alpha value is -0.910. The van der Waals surface area contributed by atoms with Crippen LogP contribution in [-0.4, -0.2) is 39.5 Å². The summed E-state index contributed by atoms with van der Waals surface area (Å²) in [5.41, 5.74) is 0.291. The highest BCUT2D eigenvalue weighted by Gasteiger charge is 2.45. The first-order chi connectivity index (χ1) is 8.59. The fraction of sp³-hybridized carbons (Fsp3) is 0.769. The lowest BCUT2D eigenvalue weighted by Crippen LogP contribution is -2.44. The molecule has 0 amide bonds. The molecule has 0 bridgehead atoms. The second kappa shape index (κ2) is 4.33. The third-order valence-electron chi connectivity index (χ3n) is 4.04. The smallest absolute Gasteiger partial charge is 0.168 e. The van der Waals surface area contributed by atoms with Crippen LogP contribution in [0.2, 0.25) is 0 Å². The summed E-state index contributed by atoms with van der Waals surface area (Å²) < 4.78 is 13.1. The maximum atomic E-state index is 10.6. The van der Waals surface area contributed by atoms with Crippen LogP contribution in [0.5, 0.6) is 0 Å². The van der Waals surface area contributed by atoms with Crippen LogP contribution in [0.4, 0.5) is 0 Å². The second-order valence-electron chi connectivity index (χ2n) is 5.49. The van der Waals surface area contributed by atoms with E-state index in [-0.39, 0.29) is 0 Å². The molecule has 0 aromatic carbocycles. The summed E-state index contributed by atoms with van der Waals surface area (Å²) in [5.74, 6) is -0.406. The minimum atomic E-state index is -0.658. The molecule has 1 spiro atoms. The lowest BCUT2D eigenvalue weighted by atomic mass is 9.79. The van der Waals surface area contributed by atoms with E-state index >= 15 is 0 Å². The van der Waals surface area contributed by atoms with Crippen LogP contribution in [0.15, 0.2) is 12.3 Å². The SMILES string of the molecule is Cn1ccc(CC2(O)CCC3(CC2)OCCO3)n1. The fourth-order valence-electron chi connectivity index (χ4n) is 2.95. The largest absolute Gasteiger partial charge is 0.389 e. The van der Waals surface area contributed by atoms with Gasteiger partial charge in [-0.3, -0.25) is 4.68 Å². The maximum absolute atomic E-state index is 10.6. The van der Waals surface area contributed by atoms with Crippen molar-refractivity contribution in [2.45, 2.75) is 43.5 Å². The molecular weight excluding hydrogens is 232 g/mol. The predicted molar refractivity (Wildman–Crippen MR) is 65.0 cm³/mol. The molecular formula is C13H20N2O3. The molecule has 1 aromatic rings. The Kier molecular flexibility index (Phi) is 2.92. The molecule has 1 aromatic heterocycles. The second-order valence-corrected chi connectivity index (χ2v) is 5.49. The number of nitrogens with zero attached hydrogens (tertiary/aromatic N) is 2. The molecule has 18 heavy (non-hydrogen) atoms. The Balaban J connectivity index is 1.63. The van der Waals surface area contributed by atoms with Crippen LogP contribution in [-0.2, 0) is 22.9 Å². The van der Waals surface area contributed by atoms with E-state index in [1.807, 2.05) is 19.3 Å². The zero-order chi connectivity index (χ0) is 12.6. The molecule has 0 unspecified atom stereocenters. The fourth-order valence-corrected chi connectivity index (χ4v) is 2.95. The molecule has 5 nitrogen and oxygen atoms in total. The number of rotatable bonds is 2. The zero-order valence-corrected chi connectivity index (χ0v) is 10.8. The van der Waals surface area contributed by atoms with E-state index in [1.165, 1.54) is 0 Å². The summed E-state index contributed by atoms with van der Waals surface area (Å²) in [6.45, 7) is 1.36. The van der Waals surface area contributed by atoms with Crippen molar-refractivity contribution in [2.24, 2.45) is 7.05 Å². The van der Waals surface area contributed by atoms with Crippen LogP contribution in [0.1, 0.15) is 31.4 Å². The molecule has 1 saturated carbocycles. The summed E-state index contributed by atoms with van der Waals surface area (Å²) in [6.07, 6.45) is 5.50. The highest BCUT2D eigenvalue weighted by atomic mass is 16.7. The van der Waals surface area contributed by atoms with Crippen molar-refractivity contribution >= 4 is 0 Å². The number of aromatic nitrogens is 2. The average molecular weight is 252 g/mol. The summed E-state index contributed by atoms with van der Waals surface area (Å²) in [6, 6.07) is 1.96. The van der Waals surface area contributed by atoms with Gasteiger partial charge < -0.3 is 14.6 Å². The van der Waals surface area contributed by atoms with Gasteiger partial charge in [-0.25, -0.2) is 0 Å². The van der Waals surface area contributed by atoms with E-state index in [0.29, 0.717) is 32.5 Å². The van der Waals surface area contributed by atoms with Crippen molar-refractivity contribution < 1.29 is 14.6 Å².